The molecule has 1 aromatic rings. The number of carbonyl (C=O) groups excluding carboxylic acids is 1. The third-order valence-corrected chi connectivity index (χ3v) is 18.6. The van der Waals surface area contributed by atoms with Gasteiger partial charge >= 0.3 is 5.97 Å². The molecule has 0 unspecified atom stereocenters. The first-order valence-electron chi connectivity index (χ1n) is 19.8. The molecule has 1 aliphatic heterocycles. The molecule has 0 bridgehead atoms. The van der Waals surface area contributed by atoms with Crippen molar-refractivity contribution in [3.63, 3.8) is 0 Å². The highest BCUT2D eigenvalue weighted by molar-refractivity contribution is 7.89. The van der Waals surface area contributed by atoms with Gasteiger partial charge in [-0.1, -0.05) is 65.0 Å². The van der Waals surface area contributed by atoms with Crippen LogP contribution in [0, 0.1) is 56.7 Å². The molecule has 6 aliphatic rings. The number of carboxylic acid groups (broad SMARTS) is 1. The summed E-state index contributed by atoms with van der Waals surface area (Å²) >= 11 is 0. The van der Waals surface area contributed by atoms with Crippen LogP contribution in [0.25, 0.3) is 5.57 Å². The highest BCUT2D eigenvalue weighted by Gasteiger charge is 2.70. The fraction of sp³-hybridized carbons (Fsp3) is 0.721. The zero-order valence-corrected chi connectivity index (χ0v) is 32.8. The van der Waals surface area contributed by atoms with Crippen LogP contribution in [0.2, 0.25) is 0 Å². The lowest BCUT2D eigenvalue weighted by Gasteiger charge is -2.72. The number of allylic oxidation sites excluding steroid dienone is 3. The second-order valence-corrected chi connectivity index (χ2v) is 21.2. The second kappa shape index (κ2) is 12.6. The lowest BCUT2D eigenvalue weighted by molar-refractivity contribution is -0.225. The van der Waals surface area contributed by atoms with Crippen molar-refractivity contribution in [2.45, 2.75) is 112 Å². The monoisotopic (exact) mass is 718 g/mol. The molecule has 8 heteroatoms. The van der Waals surface area contributed by atoms with E-state index in [2.05, 4.69) is 59.5 Å². The van der Waals surface area contributed by atoms with Crippen LogP contribution in [0.15, 0.2) is 42.5 Å². The van der Waals surface area contributed by atoms with Crippen molar-refractivity contribution < 1.29 is 23.1 Å². The second-order valence-electron chi connectivity index (χ2n) is 19.1. The van der Waals surface area contributed by atoms with E-state index in [1.165, 1.54) is 47.6 Å². The van der Waals surface area contributed by atoms with E-state index in [1.54, 1.807) is 12.1 Å². The summed E-state index contributed by atoms with van der Waals surface area (Å²) in [6.45, 7) is 20.5. The minimum Gasteiger partial charge on any atom is -0.478 e. The van der Waals surface area contributed by atoms with Crippen molar-refractivity contribution in [2.24, 2.45) is 56.7 Å². The van der Waals surface area contributed by atoms with Crippen LogP contribution in [0.5, 0.6) is 0 Å². The molecule has 1 amide bonds. The lowest BCUT2D eigenvalue weighted by atomic mass is 9.32. The van der Waals surface area contributed by atoms with E-state index in [4.69, 9.17) is 0 Å². The molecule has 1 aromatic carbocycles. The smallest absolute Gasteiger partial charge is 0.335 e. The average Bonchev–Trinajstić information content (AvgIpc) is 3.45. The Morgan fingerprint density at radius 3 is 2.31 bits per heavy atom. The molecule has 5 aliphatic carbocycles. The third-order valence-electron chi connectivity index (χ3n) is 16.7. The van der Waals surface area contributed by atoms with Crippen molar-refractivity contribution >= 4 is 27.5 Å². The van der Waals surface area contributed by atoms with Gasteiger partial charge in [-0.2, -0.15) is 4.31 Å². The summed E-state index contributed by atoms with van der Waals surface area (Å²) in [6, 6.07) is 7.50. The molecule has 4 saturated carbocycles. The van der Waals surface area contributed by atoms with Crippen molar-refractivity contribution in [2.75, 3.05) is 25.4 Å². The minimum absolute atomic E-state index is 0.0230. The SMILES string of the molecule is C=C(C)[C@@H]1CC[C@]2(CNC(=O)CN3CCCCS3(=O)=O)CC[C@]3(C)[C@H](CC[C@@H]4[C@@]5(C)CC=C(c6ccc(C(=O)O)cc6)C(C)(C)[C@@H]5CC[C@]43C)[C@@H]12. The van der Waals surface area contributed by atoms with Crippen molar-refractivity contribution in [1.29, 1.82) is 0 Å². The fourth-order valence-electron chi connectivity index (χ4n) is 14.0. The molecule has 0 radical (unpaired) electrons. The van der Waals surface area contributed by atoms with Gasteiger partial charge < -0.3 is 10.4 Å². The van der Waals surface area contributed by atoms with Crippen LogP contribution >= 0.6 is 0 Å². The van der Waals surface area contributed by atoms with E-state index in [0.29, 0.717) is 54.7 Å². The largest absolute Gasteiger partial charge is 0.478 e. The van der Waals surface area contributed by atoms with Gasteiger partial charge in [0.2, 0.25) is 15.9 Å². The van der Waals surface area contributed by atoms with Crippen LogP contribution in [-0.2, 0) is 14.8 Å². The summed E-state index contributed by atoms with van der Waals surface area (Å²) in [4.78, 5) is 24.9. The topological polar surface area (TPSA) is 104 Å². The van der Waals surface area contributed by atoms with Gasteiger partial charge in [-0.3, -0.25) is 4.79 Å². The van der Waals surface area contributed by atoms with Gasteiger partial charge in [-0.15, -0.1) is 0 Å². The van der Waals surface area contributed by atoms with Crippen LogP contribution in [-0.4, -0.2) is 55.1 Å². The normalized spacial score (nSPS) is 41.2. The summed E-state index contributed by atoms with van der Waals surface area (Å²) in [5.41, 5.74) is 4.68. The fourth-order valence-corrected chi connectivity index (χ4v) is 15.5. The number of nitrogens with one attached hydrogen (secondary N) is 1. The summed E-state index contributed by atoms with van der Waals surface area (Å²) in [5, 5.41) is 12.8. The van der Waals surface area contributed by atoms with E-state index in [-0.39, 0.29) is 45.3 Å². The number of hydrogen-bond acceptors (Lipinski definition) is 4. The number of hydrogen-bond donors (Lipinski definition) is 2. The number of carboxylic acids is 1. The van der Waals surface area contributed by atoms with E-state index in [9.17, 15) is 23.1 Å². The van der Waals surface area contributed by atoms with E-state index in [1.807, 2.05) is 12.1 Å². The van der Waals surface area contributed by atoms with E-state index < -0.39 is 16.0 Å². The number of carbonyl (C=O) groups is 2. The Hall–Kier alpha value is -2.45. The molecule has 7 nitrogen and oxygen atoms in total. The molecule has 1 heterocycles. The van der Waals surface area contributed by atoms with Gasteiger partial charge in [0.1, 0.15) is 0 Å². The zero-order valence-electron chi connectivity index (χ0n) is 32.0. The number of benzene rings is 1. The Morgan fingerprint density at radius 1 is 0.922 bits per heavy atom. The van der Waals surface area contributed by atoms with Gasteiger partial charge in [0.25, 0.3) is 0 Å². The van der Waals surface area contributed by atoms with Crippen LogP contribution in [0.1, 0.15) is 128 Å². The average molecular weight is 719 g/mol. The molecule has 51 heavy (non-hydrogen) atoms. The molecular formula is C43H62N2O5S. The molecule has 1 saturated heterocycles. The number of aromatic carboxylic acids is 1. The molecule has 9 atom stereocenters. The first-order chi connectivity index (χ1) is 23.9. The Balaban J connectivity index is 1.15. The summed E-state index contributed by atoms with van der Waals surface area (Å²) < 4.78 is 26.7. The number of nitrogens with zero attached hydrogens (tertiary/aromatic N) is 1. The van der Waals surface area contributed by atoms with Gasteiger partial charge in [0.15, 0.2) is 0 Å². The molecular weight excluding hydrogens is 657 g/mol. The molecule has 280 valence electrons. The van der Waals surface area contributed by atoms with Crippen molar-refractivity contribution in [3.05, 3.63) is 53.6 Å². The summed E-state index contributed by atoms with van der Waals surface area (Å²) in [5.74, 6) is 1.73. The Bertz CT molecular complexity index is 1730. The maximum absolute atomic E-state index is 13.3. The van der Waals surface area contributed by atoms with Gasteiger partial charge in [-0.25, -0.2) is 13.2 Å². The maximum Gasteiger partial charge on any atom is 0.335 e. The van der Waals surface area contributed by atoms with Crippen LogP contribution in [0.3, 0.4) is 0 Å². The molecule has 2 N–H and O–H groups in total. The number of amides is 1. The number of rotatable bonds is 7. The number of fused-ring (bicyclic) bond motifs is 7. The standard InChI is InChI=1S/C43H62N2O5S/c1-28(2)31-16-21-43(27-44-36(46)26-45-24-8-9-25-51(45,49)50)23-22-41(6)33(37(31)43)14-15-35-40(5)19-17-32(29-10-12-30(13-11-29)38(47)48)39(3,4)34(40)18-20-42(35,41)7/h10-13,17,31,33-35,37H,1,8-9,14-16,18-27H2,2-7H3,(H,44,46)(H,47,48)/t31-,33+,34-,35+,37+,40-,41+,42+,43+/m0/s1. The van der Waals surface area contributed by atoms with Crippen molar-refractivity contribution in [1.82, 2.24) is 9.62 Å². The van der Waals surface area contributed by atoms with Gasteiger partial charge in [0, 0.05) is 13.1 Å². The highest BCUT2D eigenvalue weighted by Crippen LogP contribution is 2.77. The number of sulfonamides is 1. The zero-order chi connectivity index (χ0) is 36.8. The molecule has 0 aromatic heterocycles. The lowest BCUT2D eigenvalue weighted by Crippen LogP contribution is -2.66. The summed E-state index contributed by atoms with van der Waals surface area (Å²) in [7, 11) is -3.35. The van der Waals surface area contributed by atoms with E-state index in [0.717, 1.165) is 37.7 Å². The third kappa shape index (κ3) is 5.62. The van der Waals surface area contributed by atoms with Crippen LogP contribution in [0.4, 0.5) is 0 Å². The Morgan fingerprint density at radius 2 is 1.65 bits per heavy atom. The van der Waals surface area contributed by atoms with E-state index >= 15 is 0 Å². The minimum atomic E-state index is -3.35. The first kappa shape index (κ1) is 36.9. The summed E-state index contributed by atoms with van der Waals surface area (Å²) in [6.07, 6.45) is 14.4. The van der Waals surface area contributed by atoms with Gasteiger partial charge in [-0.05, 0) is 157 Å². The van der Waals surface area contributed by atoms with Gasteiger partial charge in [0.05, 0.1) is 17.9 Å². The predicted octanol–water partition coefficient (Wildman–Crippen LogP) is 8.58. The van der Waals surface area contributed by atoms with Crippen LogP contribution < -0.4 is 5.32 Å². The maximum atomic E-state index is 13.3. The van der Waals surface area contributed by atoms with Crippen molar-refractivity contribution in [3.8, 4) is 0 Å². The molecule has 7 rings (SSSR count). The predicted molar refractivity (Wildman–Crippen MR) is 203 cm³/mol. The molecule has 0 spiro atoms. The Labute approximate surface area is 307 Å². The quantitative estimate of drug-likeness (QED) is 0.275. The molecule has 5 fully saturated rings. The Kier molecular flexibility index (Phi) is 9.09. The highest BCUT2D eigenvalue weighted by atomic mass is 32.2. The first-order valence-corrected chi connectivity index (χ1v) is 21.4.